The van der Waals surface area contributed by atoms with Crippen LogP contribution in [0.15, 0.2) is 71.9 Å². The number of hydrogen-bond acceptors (Lipinski definition) is 7. The van der Waals surface area contributed by atoms with Crippen molar-refractivity contribution < 1.29 is 23.7 Å². The molecule has 2 aliphatic rings. The molecule has 0 radical (unpaired) electrons. The zero-order valence-electron chi connectivity index (χ0n) is 20.9. The molecule has 1 aliphatic heterocycles. The molecule has 0 unspecified atom stereocenters. The van der Waals surface area contributed by atoms with Gasteiger partial charge in [0.1, 0.15) is 5.75 Å². The van der Waals surface area contributed by atoms with Gasteiger partial charge in [-0.05, 0) is 59.9 Å². The number of allylic oxidation sites excluding steroid dienone is 1. The van der Waals surface area contributed by atoms with Gasteiger partial charge in [0.15, 0.2) is 17.3 Å². The average Bonchev–Trinajstić information content (AvgIpc) is 3.09. The highest BCUT2D eigenvalue weighted by molar-refractivity contribution is 6.01. The molecule has 0 bridgehead atoms. The fourth-order valence-electron chi connectivity index (χ4n) is 5.11. The third-order valence-corrected chi connectivity index (χ3v) is 6.92. The molecule has 7 nitrogen and oxygen atoms in total. The van der Waals surface area contributed by atoms with E-state index in [1.807, 2.05) is 60.7 Å². The maximum absolute atomic E-state index is 13.8. The van der Waals surface area contributed by atoms with Crippen molar-refractivity contribution in [3.8, 4) is 23.0 Å². The average molecular weight is 487 g/mol. The third-order valence-electron chi connectivity index (χ3n) is 6.92. The van der Waals surface area contributed by atoms with Crippen molar-refractivity contribution in [1.82, 2.24) is 0 Å². The van der Waals surface area contributed by atoms with Crippen LogP contribution in [0, 0.1) is 0 Å². The standard InChI is InChI=1S/C29H30N2O5/c1-33-20-11-9-17(10-12-20)28-27-23(30-21-7-5-6-8-22(21)31-28)13-18(14-24(27)32)19-15-25(34-2)29(36-4)26(16-19)35-3/h5-12,15-16,18,28,30-31H,13-14H2,1-4H3/t18-,28+/m1/s1. The number of rotatable bonds is 6. The Hall–Kier alpha value is -4.13. The second-order valence-corrected chi connectivity index (χ2v) is 8.90. The zero-order valence-corrected chi connectivity index (χ0v) is 20.9. The topological polar surface area (TPSA) is 78.1 Å². The second-order valence-electron chi connectivity index (χ2n) is 8.90. The number of carbonyl (C=O) groups excluding carboxylic acids is 1. The van der Waals surface area contributed by atoms with E-state index in [0.717, 1.165) is 39.5 Å². The van der Waals surface area contributed by atoms with Crippen LogP contribution in [0.3, 0.4) is 0 Å². The van der Waals surface area contributed by atoms with Crippen molar-refractivity contribution in [3.63, 3.8) is 0 Å². The molecule has 5 rings (SSSR count). The molecular formula is C29H30N2O5. The van der Waals surface area contributed by atoms with E-state index in [1.54, 1.807) is 28.4 Å². The first kappa shape index (κ1) is 23.6. The van der Waals surface area contributed by atoms with Gasteiger partial charge < -0.3 is 29.6 Å². The fourth-order valence-corrected chi connectivity index (χ4v) is 5.11. The molecule has 0 aromatic heterocycles. The highest BCUT2D eigenvalue weighted by atomic mass is 16.5. The highest BCUT2D eigenvalue weighted by Crippen LogP contribution is 2.47. The number of carbonyl (C=O) groups is 1. The zero-order chi connectivity index (χ0) is 25.2. The van der Waals surface area contributed by atoms with Crippen LogP contribution in [-0.2, 0) is 4.79 Å². The number of anilines is 2. The SMILES string of the molecule is COc1ccc([C@@H]2Nc3ccccc3NC3=C2C(=O)C[C@H](c2cc(OC)c(OC)c(OC)c2)C3)cc1. The molecule has 2 atom stereocenters. The Labute approximate surface area is 211 Å². The van der Waals surface area contributed by atoms with Gasteiger partial charge in [-0.15, -0.1) is 0 Å². The lowest BCUT2D eigenvalue weighted by Gasteiger charge is -2.30. The Morgan fingerprint density at radius 3 is 2.03 bits per heavy atom. The number of methoxy groups -OCH3 is 4. The van der Waals surface area contributed by atoms with Crippen LogP contribution in [0.25, 0.3) is 0 Å². The van der Waals surface area contributed by atoms with Crippen LogP contribution in [0.5, 0.6) is 23.0 Å². The van der Waals surface area contributed by atoms with E-state index in [-0.39, 0.29) is 17.7 Å². The number of hydrogen-bond donors (Lipinski definition) is 2. The smallest absolute Gasteiger partial charge is 0.203 e. The van der Waals surface area contributed by atoms with Gasteiger partial charge in [-0.1, -0.05) is 24.3 Å². The molecule has 36 heavy (non-hydrogen) atoms. The Bertz CT molecular complexity index is 1290. The van der Waals surface area contributed by atoms with E-state index in [2.05, 4.69) is 10.6 Å². The minimum absolute atomic E-state index is 0.0424. The Morgan fingerprint density at radius 2 is 1.42 bits per heavy atom. The van der Waals surface area contributed by atoms with E-state index >= 15 is 0 Å². The molecule has 7 heteroatoms. The molecule has 0 saturated heterocycles. The summed E-state index contributed by atoms with van der Waals surface area (Å²) in [5, 5.41) is 7.19. The number of nitrogens with one attached hydrogen (secondary N) is 2. The predicted octanol–water partition coefficient (Wildman–Crippen LogP) is 5.70. The van der Waals surface area contributed by atoms with Crippen molar-refractivity contribution in [2.75, 3.05) is 39.1 Å². The summed E-state index contributed by atoms with van der Waals surface area (Å²) >= 11 is 0. The molecule has 0 amide bonds. The Morgan fingerprint density at radius 1 is 0.750 bits per heavy atom. The molecule has 186 valence electrons. The number of fused-ring (bicyclic) bond motifs is 1. The normalized spacial score (nSPS) is 18.7. The lowest BCUT2D eigenvalue weighted by atomic mass is 9.78. The van der Waals surface area contributed by atoms with Crippen LogP contribution >= 0.6 is 0 Å². The maximum Gasteiger partial charge on any atom is 0.203 e. The summed E-state index contributed by atoms with van der Waals surface area (Å²) in [7, 11) is 6.43. The van der Waals surface area contributed by atoms with Gasteiger partial charge in [-0.2, -0.15) is 0 Å². The molecule has 3 aromatic rings. The molecule has 3 aromatic carbocycles. The number of para-hydroxylation sites is 2. The minimum Gasteiger partial charge on any atom is -0.497 e. The maximum atomic E-state index is 13.8. The van der Waals surface area contributed by atoms with Gasteiger partial charge in [-0.25, -0.2) is 0 Å². The summed E-state index contributed by atoms with van der Waals surface area (Å²) in [4.78, 5) is 13.8. The summed E-state index contributed by atoms with van der Waals surface area (Å²) < 4.78 is 22.0. The van der Waals surface area contributed by atoms with Gasteiger partial charge in [0, 0.05) is 17.7 Å². The van der Waals surface area contributed by atoms with Gasteiger partial charge in [-0.3, -0.25) is 4.79 Å². The molecule has 2 N–H and O–H groups in total. The number of ketones is 1. The van der Waals surface area contributed by atoms with Crippen molar-refractivity contribution in [1.29, 1.82) is 0 Å². The van der Waals surface area contributed by atoms with Crippen LogP contribution in [0.2, 0.25) is 0 Å². The predicted molar refractivity (Wildman–Crippen MR) is 140 cm³/mol. The lowest BCUT2D eigenvalue weighted by Crippen LogP contribution is -2.27. The van der Waals surface area contributed by atoms with Gasteiger partial charge in [0.2, 0.25) is 5.75 Å². The van der Waals surface area contributed by atoms with Crippen LogP contribution in [-0.4, -0.2) is 34.2 Å². The van der Waals surface area contributed by atoms with Gasteiger partial charge in [0.25, 0.3) is 0 Å². The number of ether oxygens (including phenoxy) is 4. The summed E-state index contributed by atoms with van der Waals surface area (Å²) in [5.74, 6) is 2.53. The summed E-state index contributed by atoms with van der Waals surface area (Å²) in [6.07, 6.45) is 1.05. The minimum atomic E-state index is -0.282. The second kappa shape index (κ2) is 9.85. The number of Topliss-reactive ketones (excluding diaryl/α,β-unsaturated/α-hetero) is 1. The van der Waals surface area contributed by atoms with Crippen molar-refractivity contribution in [2.45, 2.75) is 24.8 Å². The van der Waals surface area contributed by atoms with Crippen LogP contribution in [0.4, 0.5) is 11.4 Å². The quantitative estimate of drug-likeness (QED) is 0.463. The highest BCUT2D eigenvalue weighted by Gasteiger charge is 2.36. The Kier molecular flexibility index (Phi) is 6.46. The van der Waals surface area contributed by atoms with E-state index in [9.17, 15) is 4.79 Å². The monoisotopic (exact) mass is 486 g/mol. The molecule has 1 aliphatic carbocycles. The van der Waals surface area contributed by atoms with Crippen molar-refractivity contribution in [2.24, 2.45) is 0 Å². The Balaban J connectivity index is 1.58. The van der Waals surface area contributed by atoms with Crippen molar-refractivity contribution in [3.05, 3.63) is 83.1 Å². The molecule has 0 saturated carbocycles. The number of benzene rings is 3. The summed E-state index contributed by atoms with van der Waals surface area (Å²) in [6, 6.07) is 19.5. The van der Waals surface area contributed by atoms with E-state index in [0.29, 0.717) is 30.1 Å². The van der Waals surface area contributed by atoms with Crippen LogP contribution < -0.4 is 29.6 Å². The van der Waals surface area contributed by atoms with E-state index in [1.165, 1.54) is 0 Å². The first-order valence-electron chi connectivity index (χ1n) is 11.9. The van der Waals surface area contributed by atoms with Crippen LogP contribution in [0.1, 0.15) is 35.9 Å². The van der Waals surface area contributed by atoms with Gasteiger partial charge >= 0.3 is 0 Å². The first-order chi connectivity index (χ1) is 17.6. The third kappa shape index (κ3) is 4.21. The fraction of sp³-hybridized carbons (Fsp3) is 0.276. The molecule has 0 fully saturated rings. The summed E-state index contributed by atoms with van der Waals surface area (Å²) in [5.41, 5.74) is 5.55. The van der Waals surface area contributed by atoms with E-state index in [4.69, 9.17) is 18.9 Å². The largest absolute Gasteiger partial charge is 0.497 e. The van der Waals surface area contributed by atoms with Gasteiger partial charge in [0.05, 0.1) is 45.9 Å². The van der Waals surface area contributed by atoms with E-state index < -0.39 is 0 Å². The van der Waals surface area contributed by atoms with Crippen molar-refractivity contribution >= 4 is 17.2 Å². The first-order valence-corrected chi connectivity index (χ1v) is 11.9. The lowest BCUT2D eigenvalue weighted by molar-refractivity contribution is -0.116. The summed E-state index contributed by atoms with van der Waals surface area (Å²) in [6.45, 7) is 0. The molecule has 1 heterocycles. The molecular weight excluding hydrogens is 456 g/mol. The molecule has 0 spiro atoms.